The highest BCUT2D eigenvalue weighted by Gasteiger charge is 2.15. The number of rotatable bonds is 3. The Kier molecular flexibility index (Phi) is 4.58. The van der Waals surface area contributed by atoms with E-state index in [4.69, 9.17) is 11.6 Å². The third-order valence-electron chi connectivity index (χ3n) is 2.08. The summed E-state index contributed by atoms with van der Waals surface area (Å²) in [6.45, 7) is 0.423. The van der Waals surface area contributed by atoms with Crippen molar-refractivity contribution < 1.29 is 8.78 Å². The fraction of sp³-hybridized carbons (Fsp3) is 0.100. The summed E-state index contributed by atoms with van der Waals surface area (Å²) in [5.41, 5.74) is 0.443. The minimum Gasteiger partial charge on any atom is -0.378 e. The Hall–Kier alpha value is -0.240. The molecule has 0 fully saturated rings. The predicted molar refractivity (Wildman–Crippen MR) is 76.2 cm³/mol. The van der Waals surface area contributed by atoms with E-state index in [1.165, 1.54) is 11.3 Å². The topological polar surface area (TPSA) is 24.9 Å². The molecule has 0 saturated heterocycles. The molecule has 2 nitrogen and oxygen atoms in total. The van der Waals surface area contributed by atoms with Crippen LogP contribution in [0.4, 0.5) is 14.5 Å². The van der Waals surface area contributed by atoms with E-state index in [-0.39, 0.29) is 4.47 Å². The van der Waals surface area contributed by atoms with Crippen molar-refractivity contribution in [2.45, 2.75) is 6.54 Å². The molecule has 1 N–H and O–H groups in total. The summed E-state index contributed by atoms with van der Waals surface area (Å²) >= 11 is 13.2. The van der Waals surface area contributed by atoms with Gasteiger partial charge in [-0.3, -0.25) is 0 Å². The number of thiazole rings is 1. The standard InChI is InChI=1S/C10H5Br2ClF2N2S/c11-5-1-6(14)8(15)7(12)9(5)16-2-4-3-17-10(13)18-4/h1,3,16H,2H2. The fourth-order valence-corrected chi connectivity index (χ4v) is 3.54. The third-order valence-corrected chi connectivity index (χ3v) is 4.56. The molecule has 0 amide bonds. The van der Waals surface area contributed by atoms with Crippen LogP contribution < -0.4 is 5.32 Å². The normalized spacial score (nSPS) is 10.7. The summed E-state index contributed by atoms with van der Waals surface area (Å²) in [6.07, 6.45) is 1.63. The van der Waals surface area contributed by atoms with E-state index in [1.54, 1.807) is 6.20 Å². The van der Waals surface area contributed by atoms with Crippen molar-refractivity contribution in [3.63, 3.8) is 0 Å². The van der Waals surface area contributed by atoms with E-state index >= 15 is 0 Å². The molecule has 18 heavy (non-hydrogen) atoms. The summed E-state index contributed by atoms with van der Waals surface area (Å²) in [4.78, 5) is 4.78. The minimum atomic E-state index is -0.928. The van der Waals surface area contributed by atoms with Gasteiger partial charge in [0.05, 0.1) is 16.7 Å². The molecule has 0 unspecified atom stereocenters. The smallest absolute Gasteiger partial charge is 0.183 e. The first-order chi connectivity index (χ1) is 8.49. The highest BCUT2D eigenvalue weighted by Crippen LogP contribution is 2.35. The number of hydrogen-bond donors (Lipinski definition) is 1. The van der Waals surface area contributed by atoms with Gasteiger partial charge in [-0.05, 0) is 37.9 Å². The van der Waals surface area contributed by atoms with Crippen LogP contribution in [0.1, 0.15) is 4.88 Å². The van der Waals surface area contributed by atoms with Crippen LogP contribution >= 0.6 is 54.8 Å². The van der Waals surface area contributed by atoms with Crippen molar-refractivity contribution in [2.24, 2.45) is 0 Å². The molecule has 1 aromatic carbocycles. The van der Waals surface area contributed by atoms with Crippen LogP contribution in [-0.4, -0.2) is 4.98 Å². The van der Waals surface area contributed by atoms with Gasteiger partial charge in [0.25, 0.3) is 0 Å². The zero-order valence-corrected chi connectivity index (χ0v) is 13.4. The molecule has 1 heterocycles. The molecule has 0 aliphatic heterocycles. The van der Waals surface area contributed by atoms with Crippen LogP contribution in [-0.2, 0) is 6.54 Å². The fourth-order valence-electron chi connectivity index (χ4n) is 1.27. The third kappa shape index (κ3) is 3.01. The van der Waals surface area contributed by atoms with Gasteiger partial charge in [-0.2, -0.15) is 0 Å². The Balaban J connectivity index is 2.22. The Morgan fingerprint density at radius 2 is 2.11 bits per heavy atom. The summed E-state index contributed by atoms with van der Waals surface area (Å²) in [5, 5.41) is 2.99. The van der Waals surface area contributed by atoms with E-state index in [0.717, 1.165) is 10.9 Å². The predicted octanol–water partition coefficient (Wildman–Crippen LogP) is 5.21. The van der Waals surface area contributed by atoms with Gasteiger partial charge in [0.1, 0.15) is 0 Å². The maximum absolute atomic E-state index is 13.4. The van der Waals surface area contributed by atoms with Crippen LogP contribution in [0.2, 0.25) is 4.47 Å². The molecule has 0 spiro atoms. The van der Waals surface area contributed by atoms with Gasteiger partial charge < -0.3 is 5.32 Å². The lowest BCUT2D eigenvalue weighted by atomic mass is 10.3. The van der Waals surface area contributed by atoms with E-state index in [0.29, 0.717) is 21.2 Å². The molecule has 0 aliphatic carbocycles. The maximum atomic E-state index is 13.4. The van der Waals surface area contributed by atoms with Crippen molar-refractivity contribution in [3.8, 4) is 0 Å². The highest BCUT2D eigenvalue weighted by molar-refractivity contribution is 9.11. The zero-order valence-electron chi connectivity index (χ0n) is 8.61. The average molecular weight is 418 g/mol. The van der Waals surface area contributed by atoms with Gasteiger partial charge in [0.15, 0.2) is 16.1 Å². The van der Waals surface area contributed by atoms with Gasteiger partial charge in [0.2, 0.25) is 0 Å². The van der Waals surface area contributed by atoms with Crippen LogP contribution in [0.25, 0.3) is 0 Å². The first-order valence-electron chi connectivity index (χ1n) is 4.66. The Labute approximate surface area is 128 Å². The Morgan fingerprint density at radius 3 is 2.72 bits per heavy atom. The molecule has 0 atom stereocenters. The zero-order chi connectivity index (χ0) is 13.3. The largest absolute Gasteiger partial charge is 0.378 e. The monoisotopic (exact) mass is 416 g/mol. The van der Waals surface area contributed by atoms with Crippen molar-refractivity contribution in [1.29, 1.82) is 0 Å². The number of anilines is 1. The summed E-state index contributed by atoms with van der Waals surface area (Å²) in [6, 6.07) is 1.07. The molecular weight excluding hydrogens is 413 g/mol. The molecule has 96 valence electrons. The number of nitrogens with one attached hydrogen (secondary N) is 1. The number of nitrogens with zero attached hydrogens (tertiary/aromatic N) is 1. The van der Waals surface area contributed by atoms with Crippen LogP contribution in [0, 0.1) is 11.6 Å². The molecule has 1 aromatic heterocycles. The summed E-state index contributed by atoms with van der Waals surface area (Å²) < 4.78 is 27.4. The highest BCUT2D eigenvalue weighted by atomic mass is 79.9. The second kappa shape index (κ2) is 5.81. The number of benzene rings is 1. The van der Waals surface area contributed by atoms with Gasteiger partial charge in [-0.15, -0.1) is 11.3 Å². The van der Waals surface area contributed by atoms with Crippen molar-refractivity contribution in [1.82, 2.24) is 4.98 Å². The molecule has 2 aromatic rings. The van der Waals surface area contributed by atoms with Crippen molar-refractivity contribution in [3.05, 3.63) is 42.2 Å². The van der Waals surface area contributed by atoms with Gasteiger partial charge in [-0.1, -0.05) is 11.6 Å². The molecule has 0 radical (unpaired) electrons. The lowest BCUT2D eigenvalue weighted by Crippen LogP contribution is -2.01. The Morgan fingerprint density at radius 1 is 1.39 bits per heavy atom. The second-order valence-corrected chi connectivity index (χ2v) is 6.62. The lowest BCUT2D eigenvalue weighted by Gasteiger charge is -2.10. The SMILES string of the molecule is Fc1cc(Br)c(NCc2cnc(Cl)s2)c(Br)c1F. The maximum Gasteiger partial charge on any atom is 0.183 e. The van der Waals surface area contributed by atoms with Gasteiger partial charge in [0, 0.05) is 15.5 Å². The average Bonchev–Trinajstić information content (AvgIpc) is 2.72. The van der Waals surface area contributed by atoms with Crippen molar-refractivity contribution in [2.75, 3.05) is 5.32 Å². The number of halogens is 5. The minimum absolute atomic E-state index is 0.0463. The first kappa shape index (κ1) is 14.2. The lowest BCUT2D eigenvalue weighted by molar-refractivity contribution is 0.504. The quantitative estimate of drug-likeness (QED) is 0.547. The van der Waals surface area contributed by atoms with Crippen LogP contribution in [0.15, 0.2) is 21.2 Å². The van der Waals surface area contributed by atoms with Crippen LogP contribution in [0.5, 0.6) is 0 Å². The molecular formula is C10H5Br2ClF2N2S. The number of hydrogen-bond acceptors (Lipinski definition) is 3. The molecule has 8 heteroatoms. The van der Waals surface area contributed by atoms with Gasteiger partial charge in [-0.25, -0.2) is 13.8 Å². The van der Waals surface area contributed by atoms with Gasteiger partial charge >= 0.3 is 0 Å². The van der Waals surface area contributed by atoms with E-state index in [2.05, 4.69) is 42.2 Å². The Bertz CT molecular complexity index is 591. The van der Waals surface area contributed by atoms with E-state index < -0.39 is 11.6 Å². The molecule has 0 aliphatic rings. The van der Waals surface area contributed by atoms with Crippen molar-refractivity contribution >= 4 is 60.5 Å². The van der Waals surface area contributed by atoms with E-state index in [1.807, 2.05) is 0 Å². The van der Waals surface area contributed by atoms with E-state index in [9.17, 15) is 8.78 Å². The number of aromatic nitrogens is 1. The first-order valence-corrected chi connectivity index (χ1v) is 7.44. The second-order valence-electron chi connectivity index (χ2n) is 3.28. The van der Waals surface area contributed by atoms with Crippen LogP contribution in [0.3, 0.4) is 0 Å². The summed E-state index contributed by atoms with van der Waals surface area (Å²) in [7, 11) is 0. The molecule has 2 rings (SSSR count). The summed E-state index contributed by atoms with van der Waals surface area (Å²) in [5.74, 6) is -1.84. The molecule has 0 saturated carbocycles. The molecule has 0 bridgehead atoms.